The molecule has 1 saturated carbocycles. The minimum absolute atomic E-state index is 0.0692. The predicted octanol–water partition coefficient (Wildman–Crippen LogP) is 1.13. The molecule has 3 rings (SSSR count). The Hall–Kier alpha value is -2.90. The second kappa shape index (κ2) is 8.86. The molecule has 1 aromatic rings. The van der Waals surface area contributed by atoms with E-state index in [-0.39, 0.29) is 25.6 Å². The molecule has 2 N–H and O–H groups in total. The predicted molar refractivity (Wildman–Crippen MR) is 98.5 cm³/mol. The van der Waals surface area contributed by atoms with Gasteiger partial charge >= 0.3 is 5.97 Å². The largest absolute Gasteiger partial charge is 0.490 e. The van der Waals surface area contributed by atoms with Gasteiger partial charge in [-0.15, -0.1) is 0 Å². The molecule has 2 fully saturated rings. The highest BCUT2D eigenvalue weighted by Gasteiger charge is 2.40. The van der Waals surface area contributed by atoms with Crippen molar-refractivity contribution in [1.82, 2.24) is 10.2 Å². The van der Waals surface area contributed by atoms with E-state index in [1.54, 1.807) is 0 Å². The average molecular weight is 388 g/mol. The van der Waals surface area contributed by atoms with Gasteiger partial charge < -0.3 is 20.1 Å². The van der Waals surface area contributed by atoms with Crippen molar-refractivity contribution in [2.45, 2.75) is 44.8 Å². The maximum atomic E-state index is 12.6. The molecule has 1 aliphatic heterocycles. The zero-order valence-electron chi connectivity index (χ0n) is 15.6. The van der Waals surface area contributed by atoms with Crippen molar-refractivity contribution in [2.24, 2.45) is 5.92 Å². The summed E-state index contributed by atoms with van der Waals surface area (Å²) in [5.41, 5.74) is 0.867. The first kappa shape index (κ1) is 19.9. The van der Waals surface area contributed by atoms with Gasteiger partial charge in [0.1, 0.15) is 12.3 Å². The molecule has 1 aliphatic carbocycles. The van der Waals surface area contributed by atoms with Gasteiger partial charge in [-0.25, -0.2) is 0 Å². The van der Waals surface area contributed by atoms with Crippen LogP contribution in [0.3, 0.4) is 0 Å². The van der Waals surface area contributed by atoms with Crippen molar-refractivity contribution < 1.29 is 29.0 Å². The van der Waals surface area contributed by atoms with Crippen molar-refractivity contribution in [3.05, 3.63) is 29.8 Å². The van der Waals surface area contributed by atoms with Crippen LogP contribution in [0, 0.1) is 5.92 Å². The monoisotopic (exact) mass is 388 g/mol. The lowest BCUT2D eigenvalue weighted by atomic mass is 9.94. The third-order valence-electron chi connectivity index (χ3n) is 5.09. The van der Waals surface area contributed by atoms with Crippen LogP contribution in [0.5, 0.6) is 5.75 Å². The molecule has 1 aromatic carbocycles. The van der Waals surface area contributed by atoms with Crippen molar-refractivity contribution in [1.29, 1.82) is 0 Å². The third-order valence-corrected chi connectivity index (χ3v) is 5.09. The second-order valence-electron chi connectivity index (χ2n) is 7.19. The topological polar surface area (TPSA) is 113 Å². The van der Waals surface area contributed by atoms with Gasteiger partial charge in [0.25, 0.3) is 0 Å². The number of aliphatic carboxylic acids is 1. The van der Waals surface area contributed by atoms with E-state index < -0.39 is 36.0 Å². The van der Waals surface area contributed by atoms with Crippen LogP contribution in [-0.4, -0.2) is 52.8 Å². The van der Waals surface area contributed by atoms with Gasteiger partial charge in [0.15, 0.2) is 11.7 Å². The Labute approximate surface area is 162 Å². The summed E-state index contributed by atoms with van der Waals surface area (Å²) in [5, 5.41) is 10.8. The molecule has 1 atom stereocenters. The van der Waals surface area contributed by atoms with Gasteiger partial charge in [0.2, 0.25) is 11.8 Å². The molecule has 1 unspecified atom stereocenters. The molecule has 28 heavy (non-hydrogen) atoms. The number of nitrogens with one attached hydrogen (secondary N) is 1. The molecule has 1 heterocycles. The number of carbonyl (C=O) groups excluding carboxylic acids is 3. The highest BCUT2D eigenvalue weighted by Crippen LogP contribution is 2.25. The lowest BCUT2D eigenvalue weighted by Gasteiger charge is -2.30. The van der Waals surface area contributed by atoms with Crippen LogP contribution in [-0.2, 0) is 25.7 Å². The highest BCUT2D eigenvalue weighted by atomic mass is 16.5. The number of hydrogen-bond acceptors (Lipinski definition) is 5. The minimum atomic E-state index is -1.47. The Morgan fingerprint density at radius 3 is 2.46 bits per heavy atom. The molecule has 2 aliphatic rings. The Balaban J connectivity index is 1.60. The lowest BCUT2D eigenvalue weighted by Crippen LogP contribution is -2.52. The SMILES string of the molecule is O=C(O)CNC(=O)C1C(=O)CCN(Cc2ccc(OC3CCCC3)cc2)C1=O. The zero-order valence-corrected chi connectivity index (χ0v) is 15.6. The normalized spacial score (nSPS) is 20.3. The van der Waals surface area contributed by atoms with E-state index in [0.717, 1.165) is 24.2 Å². The van der Waals surface area contributed by atoms with E-state index in [1.165, 1.54) is 17.7 Å². The van der Waals surface area contributed by atoms with E-state index in [1.807, 2.05) is 24.3 Å². The van der Waals surface area contributed by atoms with Crippen LogP contribution in [0.2, 0.25) is 0 Å². The molecule has 2 amide bonds. The van der Waals surface area contributed by atoms with Crippen LogP contribution in [0.1, 0.15) is 37.7 Å². The number of rotatable bonds is 7. The Morgan fingerprint density at radius 1 is 1.14 bits per heavy atom. The summed E-state index contributed by atoms with van der Waals surface area (Å²) in [4.78, 5) is 48.7. The van der Waals surface area contributed by atoms with Gasteiger partial charge in [-0.05, 0) is 43.4 Å². The van der Waals surface area contributed by atoms with Gasteiger partial charge in [0.05, 0.1) is 6.10 Å². The highest BCUT2D eigenvalue weighted by molar-refractivity contribution is 6.19. The molecule has 0 radical (unpaired) electrons. The first-order chi connectivity index (χ1) is 13.4. The fourth-order valence-electron chi connectivity index (χ4n) is 3.59. The van der Waals surface area contributed by atoms with E-state index in [2.05, 4.69) is 5.32 Å². The van der Waals surface area contributed by atoms with Gasteiger partial charge in [0, 0.05) is 19.5 Å². The first-order valence-corrected chi connectivity index (χ1v) is 9.50. The van der Waals surface area contributed by atoms with E-state index in [0.29, 0.717) is 0 Å². The number of piperidine rings is 1. The molecule has 0 bridgehead atoms. The number of carboxylic acids is 1. The number of ketones is 1. The number of ether oxygens (including phenoxy) is 1. The maximum Gasteiger partial charge on any atom is 0.322 e. The Morgan fingerprint density at radius 2 is 1.82 bits per heavy atom. The number of nitrogens with zero attached hydrogens (tertiary/aromatic N) is 1. The molecular weight excluding hydrogens is 364 g/mol. The number of carbonyl (C=O) groups is 4. The van der Waals surface area contributed by atoms with Crippen LogP contribution in [0.15, 0.2) is 24.3 Å². The number of amides is 2. The second-order valence-corrected chi connectivity index (χ2v) is 7.19. The number of Topliss-reactive ketones (excluding diaryl/α,β-unsaturated/α-hetero) is 1. The molecule has 150 valence electrons. The standard InChI is InChI=1S/C20H24N2O6/c23-16-9-10-22(20(27)18(16)19(26)21-11-17(24)25)12-13-5-7-15(8-6-13)28-14-3-1-2-4-14/h5-8,14,18H,1-4,9-12H2,(H,21,26)(H,24,25). The smallest absolute Gasteiger partial charge is 0.322 e. The third kappa shape index (κ3) is 4.88. The summed E-state index contributed by atoms with van der Waals surface area (Å²) in [6, 6.07) is 7.47. The number of hydrogen-bond donors (Lipinski definition) is 2. The fourth-order valence-corrected chi connectivity index (χ4v) is 3.59. The summed E-state index contributed by atoms with van der Waals surface area (Å²) in [7, 11) is 0. The minimum Gasteiger partial charge on any atom is -0.490 e. The fraction of sp³-hybridized carbons (Fsp3) is 0.500. The summed E-state index contributed by atoms with van der Waals surface area (Å²) in [6.07, 6.45) is 4.87. The zero-order chi connectivity index (χ0) is 20.1. The number of benzene rings is 1. The van der Waals surface area contributed by atoms with Crippen LogP contribution in [0.4, 0.5) is 0 Å². The summed E-state index contributed by atoms with van der Waals surface area (Å²) in [6.45, 7) is -0.114. The average Bonchev–Trinajstić information content (AvgIpc) is 3.17. The van der Waals surface area contributed by atoms with Crippen LogP contribution >= 0.6 is 0 Å². The van der Waals surface area contributed by atoms with Crippen molar-refractivity contribution >= 4 is 23.6 Å². The van der Waals surface area contributed by atoms with E-state index in [9.17, 15) is 19.2 Å². The van der Waals surface area contributed by atoms with Gasteiger partial charge in [-0.2, -0.15) is 0 Å². The molecule has 8 heteroatoms. The molecular formula is C20H24N2O6. The van der Waals surface area contributed by atoms with E-state index in [4.69, 9.17) is 9.84 Å². The van der Waals surface area contributed by atoms with Gasteiger partial charge in [-0.1, -0.05) is 12.1 Å². The first-order valence-electron chi connectivity index (χ1n) is 9.50. The number of carboxylic acid groups (broad SMARTS) is 1. The molecule has 0 aromatic heterocycles. The summed E-state index contributed by atoms with van der Waals surface area (Å²) >= 11 is 0. The van der Waals surface area contributed by atoms with Crippen molar-refractivity contribution in [2.75, 3.05) is 13.1 Å². The maximum absolute atomic E-state index is 12.6. The Bertz CT molecular complexity index is 754. The van der Waals surface area contributed by atoms with Crippen LogP contribution in [0.25, 0.3) is 0 Å². The molecule has 8 nitrogen and oxygen atoms in total. The summed E-state index contributed by atoms with van der Waals surface area (Å²) in [5.74, 6) is -3.85. The lowest BCUT2D eigenvalue weighted by molar-refractivity contribution is -0.152. The molecule has 0 spiro atoms. The van der Waals surface area contributed by atoms with Crippen molar-refractivity contribution in [3.8, 4) is 5.75 Å². The van der Waals surface area contributed by atoms with E-state index >= 15 is 0 Å². The quantitative estimate of drug-likeness (QED) is 0.677. The van der Waals surface area contributed by atoms with Crippen LogP contribution < -0.4 is 10.1 Å². The molecule has 1 saturated heterocycles. The van der Waals surface area contributed by atoms with Gasteiger partial charge in [-0.3, -0.25) is 19.2 Å². The Kier molecular flexibility index (Phi) is 6.28. The van der Waals surface area contributed by atoms with Crippen molar-refractivity contribution in [3.63, 3.8) is 0 Å². The summed E-state index contributed by atoms with van der Waals surface area (Å²) < 4.78 is 5.92. The number of likely N-dealkylation sites (tertiary alicyclic amines) is 1.